The number of esters is 1. The van der Waals surface area contributed by atoms with Gasteiger partial charge >= 0.3 is 12.1 Å². The van der Waals surface area contributed by atoms with Gasteiger partial charge in [0.1, 0.15) is 46.5 Å². The van der Waals surface area contributed by atoms with Gasteiger partial charge in [0.2, 0.25) is 23.6 Å². The summed E-state index contributed by atoms with van der Waals surface area (Å²) in [5, 5.41) is 21.7. The number of allylic oxidation sites excluding steroid dienone is 3. The zero-order valence-corrected chi connectivity index (χ0v) is 49.1. The van der Waals surface area contributed by atoms with Crippen LogP contribution in [0.1, 0.15) is 97.6 Å². The first-order valence-corrected chi connectivity index (χ1v) is 28.7. The zero-order chi connectivity index (χ0) is 57.3. The van der Waals surface area contributed by atoms with E-state index in [0.29, 0.717) is 61.8 Å². The second kappa shape index (κ2) is 26.6. The highest BCUT2D eigenvalue weighted by Crippen LogP contribution is 2.49. The maximum atomic E-state index is 14.4. The van der Waals surface area contributed by atoms with Crippen LogP contribution in [0.15, 0.2) is 59.2 Å². The molecular weight excluding hydrogens is 1070 g/mol. The number of fused-ring (bicyclic) bond motifs is 6. The number of rotatable bonds is 18. The monoisotopic (exact) mass is 1140 g/mol. The molecule has 0 saturated carbocycles. The number of nitrogens with zero attached hydrogens (tertiary/aromatic N) is 4. The van der Waals surface area contributed by atoms with Gasteiger partial charge in [0.25, 0.3) is 0 Å². The number of epoxide rings is 1. The Morgan fingerprint density at radius 3 is 2.55 bits per heavy atom. The number of amides is 5. The van der Waals surface area contributed by atoms with E-state index in [9.17, 15) is 33.9 Å². The average Bonchev–Trinajstić information content (AvgIpc) is 4.15. The normalized spacial score (nSPS) is 26.4. The molecule has 0 radical (unpaired) electrons. The fraction of sp³-hybridized carbons (Fsp3) is 0.582. The van der Waals surface area contributed by atoms with Crippen molar-refractivity contribution >= 4 is 86.0 Å². The quantitative estimate of drug-likeness (QED) is 0.0398. The number of anilines is 2. The zero-order valence-electron chi connectivity index (χ0n) is 46.7. The SMILES string of the molecule is CNC(=O)CCCOc1ccc2c(c1)N(C)CC/C2=N\NC(=O)CC(C)(C)SSCCC(=O)N(C)[C@@H](C)C(=O)O[C@H]1CC(=O)N(C)c2cc(cc(OC)c2Cl)C/C(C)=C/C=C/[C@@H](OC)[C@@]2(O)C[C@H](OC(=O)N2)[C@@H](C)[C@@H]2O[C@@]12C. The fourth-order valence-electron chi connectivity index (χ4n) is 9.66. The van der Waals surface area contributed by atoms with Gasteiger partial charge in [0.05, 0.1) is 37.6 Å². The molecule has 2 aromatic carbocycles. The third kappa shape index (κ3) is 15.4. The average molecular weight is 1140 g/mol. The van der Waals surface area contributed by atoms with Gasteiger partial charge in [-0.3, -0.25) is 24.5 Å². The first-order chi connectivity index (χ1) is 36.8. The van der Waals surface area contributed by atoms with Crippen LogP contribution in [0.5, 0.6) is 11.5 Å². The van der Waals surface area contributed by atoms with E-state index >= 15 is 0 Å². The Labute approximate surface area is 470 Å². The predicted molar refractivity (Wildman–Crippen MR) is 302 cm³/mol. The van der Waals surface area contributed by atoms with E-state index in [4.69, 9.17) is 40.0 Å². The van der Waals surface area contributed by atoms with E-state index in [1.165, 1.54) is 52.7 Å². The number of hydrogen-bond acceptors (Lipinski definition) is 17. The molecule has 2 saturated heterocycles. The van der Waals surface area contributed by atoms with Crippen LogP contribution in [0.2, 0.25) is 5.02 Å². The summed E-state index contributed by atoms with van der Waals surface area (Å²) in [6.45, 7) is 11.9. The minimum Gasteiger partial charge on any atom is -0.495 e. The highest BCUT2D eigenvalue weighted by molar-refractivity contribution is 8.77. The van der Waals surface area contributed by atoms with E-state index in [1.54, 1.807) is 59.2 Å². The number of nitrogens with one attached hydrogen (secondary N) is 3. The summed E-state index contributed by atoms with van der Waals surface area (Å²) >= 11 is 6.84. The molecule has 0 unspecified atom stereocenters. The summed E-state index contributed by atoms with van der Waals surface area (Å²) in [5.74, 6) is -1.03. The Bertz CT molecular complexity index is 2660. The third-order valence-corrected chi connectivity index (χ3v) is 18.3. The summed E-state index contributed by atoms with van der Waals surface area (Å²) < 4.78 is 34.9. The summed E-state index contributed by atoms with van der Waals surface area (Å²) in [6.07, 6.45) is 2.41. The van der Waals surface area contributed by atoms with Crippen LogP contribution >= 0.6 is 33.2 Å². The third-order valence-electron chi connectivity index (χ3n) is 14.6. The summed E-state index contributed by atoms with van der Waals surface area (Å²) in [5.41, 5.74) is 4.22. The summed E-state index contributed by atoms with van der Waals surface area (Å²) in [7, 11) is 12.5. The van der Waals surface area contributed by atoms with Crippen molar-refractivity contribution in [2.24, 2.45) is 11.0 Å². The Morgan fingerprint density at radius 1 is 1.10 bits per heavy atom. The standard InChI is InChI=1S/C55H76ClN7O13S2/c1-32-15-13-16-43(72-12)55(70)30-42(74-52(69)58-55)33(2)50-54(6,76-50)44(29-48(67)63(10)40-26-35(25-32)27-41(71-11)49(40)56)75-51(68)34(3)62(9)47(66)21-24-77-78-53(4,5)31-46(65)60-59-38-20-22-61(8)39-28-36(18-19-37(38)39)73-23-14-17-45(64)57-7/h13,15-16,18-19,26-28,33-34,42-44,50,70H,14,17,20-25,29-31H2,1-12H3,(H,57,64)(H,58,69)(H,60,65)/b16-13+,32-15+,59-38+/t33-,34+,42+,43-,44+,50+,54+,55+/m1/s1. The van der Waals surface area contributed by atoms with Gasteiger partial charge in [0.15, 0.2) is 5.72 Å². The lowest BCUT2D eigenvalue weighted by atomic mass is 9.83. The molecule has 0 spiro atoms. The molecular formula is C55H76ClN7O13S2. The maximum absolute atomic E-state index is 14.4. The number of ether oxygens (including phenoxy) is 6. The number of hydrazone groups is 1. The van der Waals surface area contributed by atoms with Crippen molar-refractivity contribution in [1.82, 2.24) is 21.0 Å². The van der Waals surface area contributed by atoms with Gasteiger partial charge < -0.3 is 53.5 Å². The van der Waals surface area contributed by atoms with Gasteiger partial charge in [-0.05, 0) is 77.3 Å². The molecule has 4 N–H and O–H groups in total. The Kier molecular flexibility index (Phi) is 21.1. The molecule has 8 atom stereocenters. The summed E-state index contributed by atoms with van der Waals surface area (Å²) in [6, 6.07) is 8.21. The fourth-order valence-corrected chi connectivity index (χ4v) is 12.5. The molecule has 23 heteroatoms. The Balaban J connectivity index is 1.08. The lowest BCUT2D eigenvalue weighted by Crippen LogP contribution is -2.63. The van der Waals surface area contributed by atoms with Crippen LogP contribution in [0.25, 0.3) is 0 Å². The summed E-state index contributed by atoms with van der Waals surface area (Å²) in [4.78, 5) is 84.8. The van der Waals surface area contributed by atoms with Crippen molar-refractivity contribution < 1.29 is 62.3 Å². The van der Waals surface area contributed by atoms with Crippen molar-refractivity contribution in [1.29, 1.82) is 0 Å². The van der Waals surface area contributed by atoms with Gasteiger partial charge in [-0.15, -0.1) is 0 Å². The lowest BCUT2D eigenvalue weighted by Gasteiger charge is -2.42. The maximum Gasteiger partial charge on any atom is 0.409 e. The smallest absolute Gasteiger partial charge is 0.409 e. The van der Waals surface area contributed by atoms with Gasteiger partial charge in [-0.25, -0.2) is 15.0 Å². The van der Waals surface area contributed by atoms with Crippen molar-refractivity contribution in [2.75, 3.05) is 71.1 Å². The molecule has 78 heavy (non-hydrogen) atoms. The molecule has 20 nitrogen and oxygen atoms in total. The number of halogens is 1. The molecule has 4 bridgehead atoms. The van der Waals surface area contributed by atoms with Crippen LogP contribution in [-0.2, 0) is 49.3 Å². The number of methoxy groups -OCH3 is 2. The number of benzene rings is 2. The number of carbonyl (C=O) groups excluding carboxylic acids is 6. The van der Waals surface area contributed by atoms with E-state index < -0.39 is 70.4 Å². The molecule has 6 rings (SSSR count). The van der Waals surface area contributed by atoms with Gasteiger partial charge in [0, 0.05) is 108 Å². The van der Waals surface area contributed by atoms with Crippen LogP contribution in [-0.4, -0.2) is 159 Å². The molecule has 4 aliphatic heterocycles. The van der Waals surface area contributed by atoms with Gasteiger partial charge in [-0.1, -0.05) is 63.9 Å². The van der Waals surface area contributed by atoms with E-state index in [2.05, 4.69) is 26.1 Å². The topological polar surface area (TPSA) is 239 Å². The van der Waals surface area contributed by atoms with E-state index in [0.717, 1.165) is 28.1 Å². The lowest BCUT2D eigenvalue weighted by molar-refractivity contribution is -0.162. The van der Waals surface area contributed by atoms with Crippen molar-refractivity contribution in [2.45, 2.75) is 139 Å². The largest absolute Gasteiger partial charge is 0.495 e. The van der Waals surface area contributed by atoms with Crippen LogP contribution in [0.3, 0.4) is 0 Å². The molecule has 428 valence electrons. The van der Waals surface area contributed by atoms with Crippen LogP contribution in [0, 0.1) is 5.92 Å². The number of hydrogen-bond donors (Lipinski definition) is 4. The Morgan fingerprint density at radius 2 is 1.85 bits per heavy atom. The molecule has 0 aromatic heterocycles. The second-order valence-electron chi connectivity index (χ2n) is 21.1. The van der Waals surface area contributed by atoms with Crippen molar-refractivity contribution in [3.8, 4) is 11.5 Å². The van der Waals surface area contributed by atoms with Crippen LogP contribution in [0.4, 0.5) is 16.2 Å². The molecule has 2 fully saturated rings. The Hall–Kier alpha value is -5.52. The minimum absolute atomic E-state index is 0.0361. The first kappa shape index (κ1) is 61.7. The number of alkyl carbamates (subject to hydrolysis) is 1. The number of likely N-dealkylation sites (N-methyl/N-ethyl adjacent to an activating group) is 1. The molecule has 4 aliphatic rings. The van der Waals surface area contributed by atoms with E-state index in [-0.39, 0.29) is 48.4 Å². The number of carbonyl (C=O) groups is 6. The van der Waals surface area contributed by atoms with Crippen LogP contribution < -0.4 is 35.3 Å². The highest BCUT2D eigenvalue weighted by Gasteiger charge is 2.64. The molecule has 4 heterocycles. The van der Waals surface area contributed by atoms with Crippen molar-refractivity contribution in [3.05, 3.63) is 70.3 Å². The van der Waals surface area contributed by atoms with E-state index in [1.807, 2.05) is 52.1 Å². The second-order valence-corrected chi connectivity index (χ2v) is 24.6. The van der Waals surface area contributed by atoms with Gasteiger partial charge in [-0.2, -0.15) is 5.10 Å². The minimum atomic E-state index is -1.87. The highest BCUT2D eigenvalue weighted by atomic mass is 35.5. The number of aliphatic hydroxyl groups is 1. The first-order valence-electron chi connectivity index (χ1n) is 26.0. The predicted octanol–water partition coefficient (Wildman–Crippen LogP) is 6.72. The van der Waals surface area contributed by atoms with Crippen molar-refractivity contribution in [3.63, 3.8) is 0 Å². The molecule has 5 amide bonds. The molecule has 2 aromatic rings. The molecule has 0 aliphatic carbocycles.